The van der Waals surface area contributed by atoms with E-state index in [2.05, 4.69) is 5.10 Å². The number of rotatable bonds is 4. The van der Waals surface area contributed by atoms with Crippen molar-refractivity contribution < 1.29 is 4.79 Å². The van der Waals surface area contributed by atoms with E-state index in [-0.39, 0.29) is 11.9 Å². The second-order valence-corrected chi connectivity index (χ2v) is 4.96. The maximum Gasteiger partial charge on any atom is 0.274 e. The van der Waals surface area contributed by atoms with E-state index in [9.17, 15) is 4.79 Å². The summed E-state index contributed by atoms with van der Waals surface area (Å²) in [6.07, 6.45) is 5.16. The van der Waals surface area contributed by atoms with Crippen molar-refractivity contribution in [2.75, 3.05) is 13.1 Å². The first-order valence-corrected chi connectivity index (χ1v) is 6.68. The lowest BCUT2D eigenvalue weighted by Gasteiger charge is -2.31. The number of aryl methyl sites for hydroxylation is 1. The van der Waals surface area contributed by atoms with Gasteiger partial charge >= 0.3 is 0 Å². The molecule has 1 heterocycles. The summed E-state index contributed by atoms with van der Waals surface area (Å²) in [6.45, 7) is 3.40. The second-order valence-electron chi connectivity index (χ2n) is 4.96. The largest absolute Gasteiger partial charge is 0.334 e. The van der Waals surface area contributed by atoms with E-state index >= 15 is 0 Å². The van der Waals surface area contributed by atoms with Crippen molar-refractivity contribution in [3.63, 3.8) is 0 Å². The third-order valence-corrected chi connectivity index (χ3v) is 3.86. The van der Waals surface area contributed by atoms with Gasteiger partial charge in [0.1, 0.15) is 5.69 Å². The van der Waals surface area contributed by atoms with Gasteiger partial charge in [-0.25, -0.2) is 0 Å². The summed E-state index contributed by atoms with van der Waals surface area (Å²) >= 11 is 0. The molecule has 18 heavy (non-hydrogen) atoms. The van der Waals surface area contributed by atoms with Gasteiger partial charge in [0.2, 0.25) is 0 Å². The Morgan fingerprint density at radius 3 is 2.94 bits per heavy atom. The van der Waals surface area contributed by atoms with Gasteiger partial charge in [0, 0.05) is 25.8 Å². The van der Waals surface area contributed by atoms with E-state index in [1.165, 1.54) is 6.42 Å². The zero-order chi connectivity index (χ0) is 13.1. The van der Waals surface area contributed by atoms with E-state index < -0.39 is 0 Å². The Morgan fingerprint density at radius 1 is 1.61 bits per heavy atom. The van der Waals surface area contributed by atoms with Crippen LogP contribution in [0.3, 0.4) is 0 Å². The number of hydrogen-bond donors (Lipinski definition) is 1. The van der Waals surface area contributed by atoms with Crippen LogP contribution in [-0.2, 0) is 7.05 Å². The van der Waals surface area contributed by atoms with Crippen LogP contribution in [0.1, 0.15) is 36.7 Å². The number of nitrogens with zero attached hydrogens (tertiary/aromatic N) is 3. The maximum atomic E-state index is 12.4. The minimum absolute atomic E-state index is 0.0310. The monoisotopic (exact) mass is 250 g/mol. The molecule has 5 nitrogen and oxygen atoms in total. The summed E-state index contributed by atoms with van der Waals surface area (Å²) < 4.78 is 1.66. The Balaban J connectivity index is 2.15. The quantitative estimate of drug-likeness (QED) is 0.867. The van der Waals surface area contributed by atoms with Crippen LogP contribution in [0, 0.1) is 5.92 Å². The van der Waals surface area contributed by atoms with Crippen LogP contribution >= 0.6 is 0 Å². The number of nitrogens with two attached hydrogens (primary N) is 1. The number of hydrogen-bond acceptors (Lipinski definition) is 3. The molecule has 1 fully saturated rings. The van der Waals surface area contributed by atoms with Crippen molar-refractivity contribution >= 4 is 5.91 Å². The molecule has 0 aliphatic heterocycles. The molecule has 5 heteroatoms. The molecule has 2 rings (SSSR count). The van der Waals surface area contributed by atoms with Gasteiger partial charge in [-0.1, -0.05) is 6.42 Å². The smallest absolute Gasteiger partial charge is 0.274 e. The third-order valence-electron chi connectivity index (χ3n) is 3.86. The highest BCUT2D eigenvalue weighted by Gasteiger charge is 2.33. The fraction of sp³-hybridized carbons (Fsp3) is 0.692. The summed E-state index contributed by atoms with van der Waals surface area (Å²) in [6, 6.07) is 2.06. The van der Waals surface area contributed by atoms with Gasteiger partial charge in [-0.3, -0.25) is 9.48 Å². The van der Waals surface area contributed by atoms with E-state index in [4.69, 9.17) is 5.73 Å². The molecule has 1 aliphatic carbocycles. The van der Waals surface area contributed by atoms with E-state index in [1.807, 2.05) is 18.9 Å². The van der Waals surface area contributed by atoms with Gasteiger partial charge in [0.05, 0.1) is 0 Å². The van der Waals surface area contributed by atoms with Crippen LogP contribution in [0.15, 0.2) is 12.3 Å². The van der Waals surface area contributed by atoms with Crippen molar-refractivity contribution in [1.82, 2.24) is 14.7 Å². The van der Waals surface area contributed by atoms with Crippen LogP contribution in [0.25, 0.3) is 0 Å². The molecular weight excluding hydrogens is 228 g/mol. The predicted octanol–water partition coefficient (Wildman–Crippen LogP) is 1.01. The Bertz CT molecular complexity index is 415. The normalized spacial score (nSPS) is 23.3. The average Bonchev–Trinajstić information content (AvgIpc) is 2.98. The number of carbonyl (C=O) groups excluding carboxylic acids is 1. The van der Waals surface area contributed by atoms with Crippen molar-refractivity contribution in [2.24, 2.45) is 18.7 Å². The Labute approximate surface area is 108 Å². The lowest BCUT2D eigenvalue weighted by molar-refractivity contribution is 0.0645. The Morgan fingerprint density at radius 2 is 2.39 bits per heavy atom. The molecule has 1 aliphatic rings. The number of aromatic nitrogens is 2. The molecule has 0 aromatic carbocycles. The van der Waals surface area contributed by atoms with Crippen LogP contribution in [0.5, 0.6) is 0 Å². The van der Waals surface area contributed by atoms with E-state index in [0.29, 0.717) is 18.2 Å². The fourth-order valence-electron chi connectivity index (χ4n) is 2.91. The molecule has 1 aromatic rings. The summed E-state index contributed by atoms with van der Waals surface area (Å²) in [5, 5.41) is 4.20. The minimum Gasteiger partial charge on any atom is -0.334 e. The maximum absolute atomic E-state index is 12.4. The van der Waals surface area contributed by atoms with Crippen molar-refractivity contribution in [3.05, 3.63) is 18.0 Å². The molecule has 2 unspecified atom stereocenters. The molecule has 100 valence electrons. The molecule has 1 amide bonds. The molecule has 0 bridgehead atoms. The average molecular weight is 250 g/mol. The SMILES string of the molecule is CCN(C(=O)c1ccn(C)n1)C1CCCC1CN. The van der Waals surface area contributed by atoms with Crippen molar-refractivity contribution in [1.29, 1.82) is 0 Å². The van der Waals surface area contributed by atoms with Crippen LogP contribution < -0.4 is 5.73 Å². The van der Waals surface area contributed by atoms with Crippen molar-refractivity contribution in [2.45, 2.75) is 32.2 Å². The Hall–Kier alpha value is -1.36. The summed E-state index contributed by atoms with van der Waals surface area (Å²) in [4.78, 5) is 14.4. The molecule has 1 saturated carbocycles. The highest BCUT2D eigenvalue weighted by Crippen LogP contribution is 2.29. The first kappa shape index (κ1) is 13.1. The highest BCUT2D eigenvalue weighted by molar-refractivity contribution is 5.92. The first-order valence-electron chi connectivity index (χ1n) is 6.68. The van der Waals surface area contributed by atoms with Gasteiger partial charge in [0.25, 0.3) is 5.91 Å². The van der Waals surface area contributed by atoms with Gasteiger partial charge in [-0.05, 0) is 38.3 Å². The van der Waals surface area contributed by atoms with Gasteiger partial charge in [-0.2, -0.15) is 5.10 Å². The molecular formula is C13H22N4O. The zero-order valence-electron chi connectivity index (χ0n) is 11.2. The first-order chi connectivity index (χ1) is 8.67. The lowest BCUT2D eigenvalue weighted by Crippen LogP contribution is -2.44. The topological polar surface area (TPSA) is 64.2 Å². The minimum atomic E-state index is 0.0310. The molecule has 1 aromatic heterocycles. The highest BCUT2D eigenvalue weighted by atomic mass is 16.2. The van der Waals surface area contributed by atoms with Crippen LogP contribution in [0.2, 0.25) is 0 Å². The van der Waals surface area contributed by atoms with Crippen LogP contribution in [-0.4, -0.2) is 39.7 Å². The predicted molar refractivity (Wildman–Crippen MR) is 70.1 cm³/mol. The molecule has 0 saturated heterocycles. The molecule has 0 spiro atoms. The van der Waals surface area contributed by atoms with E-state index in [1.54, 1.807) is 16.9 Å². The van der Waals surface area contributed by atoms with Gasteiger partial charge in [0.15, 0.2) is 0 Å². The van der Waals surface area contributed by atoms with Crippen LogP contribution in [0.4, 0.5) is 0 Å². The standard InChI is InChI=1S/C13H22N4O/c1-3-17(12-6-4-5-10(12)9-14)13(18)11-7-8-16(2)15-11/h7-8,10,12H,3-6,9,14H2,1-2H3. The summed E-state index contributed by atoms with van der Waals surface area (Å²) in [5.74, 6) is 0.473. The van der Waals surface area contributed by atoms with Crippen molar-refractivity contribution in [3.8, 4) is 0 Å². The summed E-state index contributed by atoms with van der Waals surface area (Å²) in [5.41, 5.74) is 6.33. The lowest BCUT2D eigenvalue weighted by atomic mass is 10.0. The fourth-order valence-corrected chi connectivity index (χ4v) is 2.91. The van der Waals surface area contributed by atoms with E-state index in [0.717, 1.165) is 19.4 Å². The zero-order valence-corrected chi connectivity index (χ0v) is 11.2. The third kappa shape index (κ3) is 2.41. The molecule has 2 atom stereocenters. The van der Waals surface area contributed by atoms with Gasteiger partial charge in [-0.15, -0.1) is 0 Å². The molecule has 0 radical (unpaired) electrons. The Kier molecular flexibility index (Phi) is 4.01. The number of carbonyl (C=O) groups is 1. The summed E-state index contributed by atoms with van der Waals surface area (Å²) in [7, 11) is 1.82. The van der Waals surface area contributed by atoms with Gasteiger partial charge < -0.3 is 10.6 Å². The second kappa shape index (κ2) is 5.52. The number of amides is 1. The molecule has 2 N–H and O–H groups in total.